The third-order valence-corrected chi connectivity index (χ3v) is 6.39. The minimum Gasteiger partial charge on any atom is -0.471 e. The van der Waals surface area contributed by atoms with E-state index in [-0.39, 0.29) is 30.9 Å². The van der Waals surface area contributed by atoms with Gasteiger partial charge in [-0.3, -0.25) is 4.79 Å². The number of thiophene rings is 1. The fraction of sp³-hybridized carbons (Fsp3) is 0.318. The molecular weight excluding hydrogens is 438 g/mol. The fourth-order valence-corrected chi connectivity index (χ4v) is 4.86. The number of ether oxygens (including phenoxy) is 2. The Labute approximate surface area is 188 Å². The molecule has 0 bridgehead atoms. The summed E-state index contributed by atoms with van der Waals surface area (Å²) in [5.74, 6) is -0.123. The smallest absolute Gasteiger partial charge is 0.341 e. The topological polar surface area (TPSA) is 82.5 Å². The lowest BCUT2D eigenvalue weighted by Gasteiger charge is -2.12. The highest BCUT2D eigenvalue weighted by Crippen LogP contribution is 2.38. The Morgan fingerprint density at radius 1 is 1.19 bits per heavy atom. The van der Waals surface area contributed by atoms with Gasteiger partial charge in [0, 0.05) is 16.1 Å². The summed E-state index contributed by atoms with van der Waals surface area (Å²) in [7, 11) is 0. The van der Waals surface area contributed by atoms with Gasteiger partial charge < -0.3 is 14.8 Å². The van der Waals surface area contributed by atoms with Gasteiger partial charge in [0.1, 0.15) is 10.8 Å². The van der Waals surface area contributed by atoms with Crippen molar-refractivity contribution in [1.29, 1.82) is 0 Å². The maximum absolute atomic E-state index is 12.8. The summed E-state index contributed by atoms with van der Waals surface area (Å²) < 4.78 is 12.4. The summed E-state index contributed by atoms with van der Waals surface area (Å²) in [5.41, 5.74) is 1.73. The zero-order valence-corrected chi connectivity index (χ0v) is 18.6. The molecule has 0 unspecified atom stereocenters. The lowest BCUT2D eigenvalue weighted by molar-refractivity contribution is 0.0526. The molecule has 31 heavy (non-hydrogen) atoms. The predicted molar refractivity (Wildman–Crippen MR) is 119 cm³/mol. The molecule has 1 aliphatic rings. The molecule has 2 heterocycles. The zero-order valence-electron chi connectivity index (χ0n) is 17.0. The number of anilines is 1. The number of amides is 1. The molecule has 0 saturated carbocycles. The third kappa shape index (κ3) is 4.91. The number of benzene rings is 1. The molecule has 3 aromatic rings. The first-order valence-electron chi connectivity index (χ1n) is 10.1. The average Bonchev–Trinajstić information content (AvgIpc) is 3.38. The van der Waals surface area contributed by atoms with E-state index in [0.29, 0.717) is 21.3 Å². The molecule has 1 amide bonds. The number of aromatic nitrogens is 2. The number of halogens is 1. The molecule has 0 fully saturated rings. The highest BCUT2D eigenvalue weighted by atomic mass is 35.5. The minimum atomic E-state index is -0.390. The second-order valence-electron chi connectivity index (χ2n) is 7.06. The Balaban J connectivity index is 1.46. The van der Waals surface area contributed by atoms with E-state index in [4.69, 9.17) is 21.1 Å². The number of hydrogen-bond donors (Lipinski definition) is 1. The molecule has 1 N–H and O–H groups in total. The minimum absolute atomic E-state index is 0.149. The van der Waals surface area contributed by atoms with Gasteiger partial charge in [0.2, 0.25) is 0 Å². The van der Waals surface area contributed by atoms with Crippen LogP contribution in [-0.4, -0.2) is 28.3 Å². The molecule has 0 atom stereocenters. The van der Waals surface area contributed by atoms with Gasteiger partial charge in [-0.1, -0.05) is 11.6 Å². The molecule has 9 heteroatoms. The van der Waals surface area contributed by atoms with E-state index in [1.54, 1.807) is 43.5 Å². The largest absolute Gasteiger partial charge is 0.471 e. The lowest BCUT2D eigenvalue weighted by Crippen LogP contribution is -2.17. The summed E-state index contributed by atoms with van der Waals surface area (Å²) in [4.78, 5) is 26.5. The van der Waals surface area contributed by atoms with Crippen LogP contribution >= 0.6 is 22.9 Å². The molecule has 7 nitrogen and oxygen atoms in total. The van der Waals surface area contributed by atoms with Crippen LogP contribution in [0.1, 0.15) is 51.1 Å². The number of nitrogens with zero attached hydrogens (tertiary/aromatic N) is 2. The van der Waals surface area contributed by atoms with Crippen molar-refractivity contribution in [2.45, 2.75) is 39.3 Å². The monoisotopic (exact) mass is 459 g/mol. The highest BCUT2D eigenvalue weighted by molar-refractivity contribution is 7.17. The van der Waals surface area contributed by atoms with E-state index >= 15 is 0 Å². The van der Waals surface area contributed by atoms with Crippen LogP contribution in [0.2, 0.25) is 5.02 Å². The standard InChI is InChI=1S/C22H22ClN3O4S/c1-2-29-22(28)19-16-5-3-4-6-18(16)31-21(19)24-20(27)17-11-12-26(25-17)13-30-15-9-7-14(23)8-10-15/h7-12H,2-6,13H2,1H3,(H,24,27). The Kier molecular flexibility index (Phi) is 6.58. The van der Waals surface area contributed by atoms with Crippen LogP contribution in [0.5, 0.6) is 5.75 Å². The molecule has 2 aromatic heterocycles. The number of nitrogens with one attached hydrogen (secondary N) is 1. The molecule has 1 aliphatic carbocycles. The predicted octanol–water partition coefficient (Wildman–Crippen LogP) is 4.94. The second kappa shape index (κ2) is 9.53. The van der Waals surface area contributed by atoms with Gasteiger partial charge in [-0.2, -0.15) is 5.10 Å². The van der Waals surface area contributed by atoms with E-state index in [9.17, 15) is 9.59 Å². The number of esters is 1. The van der Waals surface area contributed by atoms with Crippen molar-refractivity contribution in [3.8, 4) is 5.75 Å². The Bertz CT molecular complexity index is 1090. The Morgan fingerprint density at radius 3 is 2.74 bits per heavy atom. The number of aryl methyl sites for hydroxylation is 1. The van der Waals surface area contributed by atoms with Crippen LogP contribution in [0.3, 0.4) is 0 Å². The van der Waals surface area contributed by atoms with E-state index < -0.39 is 0 Å². The average molecular weight is 460 g/mol. The number of hydrogen-bond acceptors (Lipinski definition) is 6. The quantitative estimate of drug-likeness (QED) is 0.506. The van der Waals surface area contributed by atoms with Gasteiger partial charge in [-0.25, -0.2) is 9.48 Å². The van der Waals surface area contributed by atoms with Crippen LogP contribution in [0, 0.1) is 0 Å². The SMILES string of the molecule is CCOC(=O)c1c(NC(=O)c2ccn(COc3ccc(Cl)cc3)n2)sc2c1CCCC2. The molecule has 0 aliphatic heterocycles. The van der Waals surface area contributed by atoms with Crippen molar-refractivity contribution in [2.24, 2.45) is 0 Å². The lowest BCUT2D eigenvalue weighted by atomic mass is 9.95. The van der Waals surface area contributed by atoms with Crippen molar-refractivity contribution < 1.29 is 19.1 Å². The zero-order chi connectivity index (χ0) is 21.8. The summed E-state index contributed by atoms with van der Waals surface area (Å²) in [6, 6.07) is 8.60. The van der Waals surface area contributed by atoms with Crippen molar-refractivity contribution in [3.63, 3.8) is 0 Å². The normalized spacial score (nSPS) is 12.8. The number of carbonyl (C=O) groups is 2. The van der Waals surface area contributed by atoms with Crippen LogP contribution in [0.4, 0.5) is 5.00 Å². The molecule has 0 spiro atoms. The highest BCUT2D eigenvalue weighted by Gasteiger charge is 2.27. The van der Waals surface area contributed by atoms with Crippen LogP contribution in [-0.2, 0) is 24.3 Å². The fourth-order valence-electron chi connectivity index (χ4n) is 3.47. The van der Waals surface area contributed by atoms with Crippen molar-refractivity contribution in [2.75, 3.05) is 11.9 Å². The van der Waals surface area contributed by atoms with Gasteiger partial charge in [0.05, 0.1) is 12.2 Å². The van der Waals surface area contributed by atoms with Crippen LogP contribution in [0.25, 0.3) is 0 Å². The second-order valence-corrected chi connectivity index (χ2v) is 8.60. The molecular formula is C22H22ClN3O4S. The first-order chi connectivity index (χ1) is 15.0. The van der Waals surface area contributed by atoms with E-state index in [1.807, 2.05) is 0 Å². The van der Waals surface area contributed by atoms with Gasteiger partial charge in [0.15, 0.2) is 12.4 Å². The molecule has 1 aromatic carbocycles. The summed E-state index contributed by atoms with van der Waals surface area (Å²) in [5, 5.41) is 8.30. The third-order valence-electron chi connectivity index (χ3n) is 4.93. The van der Waals surface area contributed by atoms with Gasteiger partial charge in [-0.05, 0) is 68.5 Å². The van der Waals surface area contributed by atoms with Crippen molar-refractivity contribution >= 4 is 39.8 Å². The van der Waals surface area contributed by atoms with Crippen LogP contribution in [0.15, 0.2) is 36.5 Å². The summed E-state index contributed by atoms with van der Waals surface area (Å²) in [6.45, 7) is 2.21. The van der Waals surface area contributed by atoms with Crippen molar-refractivity contribution in [3.05, 3.63) is 63.2 Å². The number of carbonyl (C=O) groups excluding carboxylic acids is 2. The first kappa shape index (κ1) is 21.4. The van der Waals surface area contributed by atoms with E-state index in [0.717, 1.165) is 36.1 Å². The van der Waals surface area contributed by atoms with E-state index in [2.05, 4.69) is 10.4 Å². The molecule has 162 valence electrons. The maximum atomic E-state index is 12.8. The van der Waals surface area contributed by atoms with Crippen molar-refractivity contribution in [1.82, 2.24) is 9.78 Å². The molecule has 0 radical (unpaired) electrons. The Hall–Kier alpha value is -2.84. The van der Waals surface area contributed by atoms with Gasteiger partial charge >= 0.3 is 5.97 Å². The van der Waals surface area contributed by atoms with Gasteiger partial charge in [0.25, 0.3) is 5.91 Å². The molecule has 0 saturated heterocycles. The number of rotatable bonds is 7. The van der Waals surface area contributed by atoms with Crippen LogP contribution < -0.4 is 10.1 Å². The first-order valence-corrected chi connectivity index (χ1v) is 11.3. The molecule has 4 rings (SSSR count). The van der Waals surface area contributed by atoms with Gasteiger partial charge in [-0.15, -0.1) is 11.3 Å². The maximum Gasteiger partial charge on any atom is 0.341 e. The Morgan fingerprint density at radius 2 is 1.97 bits per heavy atom. The number of fused-ring (bicyclic) bond motifs is 1. The van der Waals surface area contributed by atoms with E-state index in [1.165, 1.54) is 16.0 Å². The summed E-state index contributed by atoms with van der Waals surface area (Å²) in [6.07, 6.45) is 5.52. The summed E-state index contributed by atoms with van der Waals surface area (Å²) >= 11 is 7.32.